The Morgan fingerprint density at radius 2 is 2.06 bits per heavy atom. The Morgan fingerprint density at radius 1 is 1.35 bits per heavy atom. The molecule has 1 aromatic carbocycles. The lowest BCUT2D eigenvalue weighted by atomic mass is 9.99. The summed E-state index contributed by atoms with van der Waals surface area (Å²) in [5.74, 6) is 0.597. The molecule has 1 aliphatic rings. The number of halogens is 2. The van der Waals surface area contributed by atoms with Gasteiger partial charge in [0.15, 0.2) is 0 Å². The molecular weight excluding hydrogens is 257 g/mol. The first-order valence-electron chi connectivity index (χ1n) is 5.95. The summed E-state index contributed by atoms with van der Waals surface area (Å²) in [5, 5.41) is 1.10. The third-order valence-corrected chi connectivity index (χ3v) is 3.87. The lowest BCUT2D eigenvalue weighted by Crippen LogP contribution is -2.30. The van der Waals surface area contributed by atoms with Gasteiger partial charge in [-0.05, 0) is 43.4 Å². The fourth-order valence-corrected chi connectivity index (χ4v) is 2.37. The summed E-state index contributed by atoms with van der Waals surface area (Å²) >= 11 is 11.9. The lowest BCUT2D eigenvalue weighted by molar-refractivity contribution is 0.0283. The van der Waals surface area contributed by atoms with E-state index in [2.05, 4.69) is 0 Å². The minimum absolute atomic E-state index is 0.0947. The van der Waals surface area contributed by atoms with Gasteiger partial charge in [-0.1, -0.05) is 29.3 Å². The molecule has 2 rings (SSSR count). The Bertz CT molecular complexity index is 393. The smallest absolute Gasteiger partial charge is 0.0795 e. The maximum absolute atomic E-state index is 6.26. The fourth-order valence-electron chi connectivity index (χ4n) is 2.06. The van der Waals surface area contributed by atoms with E-state index < -0.39 is 0 Å². The highest BCUT2D eigenvalue weighted by molar-refractivity contribution is 6.42. The molecule has 94 valence electrons. The van der Waals surface area contributed by atoms with Gasteiger partial charge in [-0.2, -0.15) is 0 Å². The normalized spacial score (nSPS) is 19.1. The molecule has 0 aliphatic heterocycles. The number of benzene rings is 1. The van der Waals surface area contributed by atoms with Crippen molar-refractivity contribution in [1.82, 2.24) is 0 Å². The Balaban J connectivity index is 2.15. The van der Waals surface area contributed by atoms with Crippen molar-refractivity contribution < 1.29 is 4.74 Å². The Kier molecular flexibility index (Phi) is 4.31. The minimum Gasteiger partial charge on any atom is -0.376 e. The second-order valence-electron chi connectivity index (χ2n) is 4.46. The van der Waals surface area contributed by atoms with E-state index in [1.165, 1.54) is 12.8 Å². The molecule has 0 bridgehead atoms. The molecule has 1 saturated carbocycles. The Hall–Kier alpha value is -0.280. The Labute approximate surface area is 112 Å². The van der Waals surface area contributed by atoms with Gasteiger partial charge in [0.1, 0.15) is 0 Å². The molecule has 2 atom stereocenters. The van der Waals surface area contributed by atoms with E-state index in [0.717, 1.165) is 5.56 Å². The third kappa shape index (κ3) is 3.14. The molecule has 4 heteroatoms. The van der Waals surface area contributed by atoms with Crippen LogP contribution in [0.3, 0.4) is 0 Å². The number of hydrogen-bond donors (Lipinski definition) is 1. The molecule has 17 heavy (non-hydrogen) atoms. The van der Waals surface area contributed by atoms with Crippen LogP contribution in [0.25, 0.3) is 0 Å². The van der Waals surface area contributed by atoms with Gasteiger partial charge in [0.05, 0.1) is 22.2 Å². The summed E-state index contributed by atoms with van der Waals surface area (Å²) in [6.07, 6.45) is 2.51. The molecule has 0 spiro atoms. The maximum atomic E-state index is 6.26. The van der Waals surface area contributed by atoms with Crippen molar-refractivity contribution in [2.75, 3.05) is 6.61 Å². The third-order valence-electron chi connectivity index (χ3n) is 3.13. The highest BCUT2D eigenvalue weighted by atomic mass is 35.5. The lowest BCUT2D eigenvalue weighted by Gasteiger charge is -2.24. The number of nitrogens with two attached hydrogens (primary N) is 1. The number of hydrogen-bond acceptors (Lipinski definition) is 2. The van der Waals surface area contributed by atoms with Crippen LogP contribution in [-0.4, -0.2) is 12.7 Å². The first kappa shape index (κ1) is 13.2. The molecule has 1 aromatic rings. The van der Waals surface area contributed by atoms with E-state index in [0.29, 0.717) is 22.6 Å². The molecular formula is C13H17Cl2NO. The van der Waals surface area contributed by atoms with Gasteiger partial charge in [-0.3, -0.25) is 0 Å². The molecule has 2 N–H and O–H groups in total. The molecule has 1 aliphatic carbocycles. The van der Waals surface area contributed by atoms with Crippen LogP contribution in [0.1, 0.15) is 31.4 Å². The molecule has 0 radical (unpaired) electrons. The topological polar surface area (TPSA) is 35.2 Å². The average molecular weight is 274 g/mol. The number of rotatable bonds is 5. The average Bonchev–Trinajstić information content (AvgIpc) is 3.13. The van der Waals surface area contributed by atoms with E-state index in [4.69, 9.17) is 33.7 Å². The fraction of sp³-hybridized carbons (Fsp3) is 0.538. The van der Waals surface area contributed by atoms with E-state index in [1.54, 1.807) is 6.07 Å². The van der Waals surface area contributed by atoms with Crippen molar-refractivity contribution in [1.29, 1.82) is 0 Å². The zero-order valence-electron chi connectivity index (χ0n) is 9.83. The van der Waals surface area contributed by atoms with E-state index in [-0.39, 0.29) is 12.1 Å². The molecule has 1 fully saturated rings. The summed E-state index contributed by atoms with van der Waals surface area (Å²) in [6, 6.07) is 5.42. The molecule has 2 unspecified atom stereocenters. The van der Waals surface area contributed by atoms with E-state index in [9.17, 15) is 0 Å². The molecule has 0 heterocycles. The molecule has 0 aromatic heterocycles. The molecule has 0 saturated heterocycles. The summed E-state index contributed by atoms with van der Waals surface area (Å²) in [7, 11) is 0. The standard InChI is InChI=1S/C13H17Cl2NO/c1-2-17-13(8-3-4-8)12(16)9-5-6-10(14)11(15)7-9/h5-8,12-13H,2-4,16H2,1H3. The summed E-state index contributed by atoms with van der Waals surface area (Å²) in [6.45, 7) is 2.69. The molecule has 0 amide bonds. The van der Waals surface area contributed by atoms with Crippen LogP contribution in [-0.2, 0) is 4.74 Å². The Morgan fingerprint density at radius 3 is 2.59 bits per heavy atom. The predicted molar refractivity (Wildman–Crippen MR) is 71.5 cm³/mol. The SMILES string of the molecule is CCOC(C1CC1)C(N)c1ccc(Cl)c(Cl)c1. The van der Waals surface area contributed by atoms with Crippen LogP contribution in [0.15, 0.2) is 18.2 Å². The van der Waals surface area contributed by atoms with Crippen LogP contribution >= 0.6 is 23.2 Å². The van der Waals surface area contributed by atoms with Crippen molar-refractivity contribution >= 4 is 23.2 Å². The first-order valence-corrected chi connectivity index (χ1v) is 6.71. The van der Waals surface area contributed by atoms with Crippen LogP contribution in [0.2, 0.25) is 10.0 Å². The maximum Gasteiger partial charge on any atom is 0.0795 e. The predicted octanol–water partition coefficient (Wildman–Crippen LogP) is 3.81. The first-order chi connectivity index (χ1) is 8.13. The van der Waals surface area contributed by atoms with Crippen molar-refractivity contribution in [3.05, 3.63) is 33.8 Å². The van der Waals surface area contributed by atoms with Crippen LogP contribution in [0, 0.1) is 5.92 Å². The van der Waals surface area contributed by atoms with Gasteiger partial charge in [0.2, 0.25) is 0 Å². The van der Waals surface area contributed by atoms with Gasteiger partial charge in [-0.15, -0.1) is 0 Å². The van der Waals surface area contributed by atoms with Crippen molar-refractivity contribution in [2.24, 2.45) is 11.7 Å². The molecule has 2 nitrogen and oxygen atoms in total. The van der Waals surface area contributed by atoms with Crippen LogP contribution < -0.4 is 5.73 Å². The van der Waals surface area contributed by atoms with Crippen molar-refractivity contribution in [3.63, 3.8) is 0 Å². The zero-order valence-corrected chi connectivity index (χ0v) is 11.3. The highest BCUT2D eigenvalue weighted by Crippen LogP contribution is 2.39. The van der Waals surface area contributed by atoms with Crippen molar-refractivity contribution in [2.45, 2.75) is 31.9 Å². The van der Waals surface area contributed by atoms with Gasteiger partial charge in [0, 0.05) is 6.61 Å². The largest absolute Gasteiger partial charge is 0.376 e. The van der Waals surface area contributed by atoms with Crippen molar-refractivity contribution in [3.8, 4) is 0 Å². The van der Waals surface area contributed by atoms with Crippen LogP contribution in [0.4, 0.5) is 0 Å². The quantitative estimate of drug-likeness (QED) is 0.886. The second-order valence-corrected chi connectivity index (χ2v) is 5.27. The van der Waals surface area contributed by atoms with E-state index in [1.807, 2.05) is 19.1 Å². The summed E-state index contributed by atoms with van der Waals surface area (Å²) in [5.41, 5.74) is 7.25. The zero-order chi connectivity index (χ0) is 12.4. The van der Waals surface area contributed by atoms with Gasteiger partial charge < -0.3 is 10.5 Å². The van der Waals surface area contributed by atoms with Crippen LogP contribution in [0.5, 0.6) is 0 Å². The highest BCUT2D eigenvalue weighted by Gasteiger charge is 2.36. The second kappa shape index (κ2) is 5.57. The monoisotopic (exact) mass is 273 g/mol. The van der Waals surface area contributed by atoms with Gasteiger partial charge in [-0.25, -0.2) is 0 Å². The summed E-state index contributed by atoms with van der Waals surface area (Å²) < 4.78 is 5.75. The van der Waals surface area contributed by atoms with Gasteiger partial charge in [0.25, 0.3) is 0 Å². The minimum atomic E-state index is -0.128. The summed E-state index contributed by atoms with van der Waals surface area (Å²) in [4.78, 5) is 0. The van der Waals surface area contributed by atoms with E-state index >= 15 is 0 Å². The number of ether oxygens (including phenoxy) is 1. The van der Waals surface area contributed by atoms with Gasteiger partial charge >= 0.3 is 0 Å².